The highest BCUT2D eigenvalue weighted by molar-refractivity contribution is 5.93. The van der Waals surface area contributed by atoms with Gasteiger partial charge in [0, 0.05) is 17.8 Å². The first kappa shape index (κ1) is 17.0. The number of benzene rings is 2. The molecule has 1 amide bonds. The van der Waals surface area contributed by atoms with Gasteiger partial charge in [-0.05, 0) is 38.1 Å². The zero-order valence-electron chi connectivity index (χ0n) is 14.2. The maximum atomic E-state index is 12.3. The third-order valence-corrected chi connectivity index (χ3v) is 3.79. The number of hydrogen-bond donors (Lipinski definition) is 1. The van der Waals surface area contributed by atoms with Crippen molar-refractivity contribution in [1.82, 2.24) is 4.90 Å². The third kappa shape index (κ3) is 4.57. The Bertz CT molecular complexity index is 663. The molecule has 122 valence electrons. The molecule has 0 unspecified atom stereocenters. The second kappa shape index (κ2) is 7.79. The van der Waals surface area contributed by atoms with E-state index in [-0.39, 0.29) is 5.91 Å². The highest BCUT2D eigenvalue weighted by Gasteiger charge is 2.11. The minimum absolute atomic E-state index is 0.0141. The van der Waals surface area contributed by atoms with E-state index in [1.165, 1.54) is 0 Å². The third-order valence-electron chi connectivity index (χ3n) is 3.79. The summed E-state index contributed by atoms with van der Waals surface area (Å²) in [5.74, 6) is 0.828. The number of likely N-dealkylation sites (N-methyl/N-ethyl adjacent to an activating group) is 1. The quantitative estimate of drug-likeness (QED) is 0.889. The summed E-state index contributed by atoms with van der Waals surface area (Å²) in [7, 11) is 3.59. The second-order valence-electron chi connectivity index (χ2n) is 5.80. The number of nitrogens with one attached hydrogen (secondary N) is 1. The Morgan fingerprint density at radius 3 is 2.39 bits per heavy atom. The van der Waals surface area contributed by atoms with E-state index in [1.54, 1.807) is 7.11 Å². The molecule has 0 spiro atoms. The lowest BCUT2D eigenvalue weighted by molar-refractivity contribution is -0.117. The average molecular weight is 312 g/mol. The summed E-state index contributed by atoms with van der Waals surface area (Å²) in [4.78, 5) is 14.3. The van der Waals surface area contributed by atoms with Gasteiger partial charge in [-0.1, -0.05) is 36.4 Å². The van der Waals surface area contributed by atoms with Crippen LogP contribution < -0.4 is 10.1 Å². The van der Waals surface area contributed by atoms with E-state index in [0.29, 0.717) is 13.1 Å². The van der Waals surface area contributed by atoms with E-state index in [0.717, 1.165) is 28.1 Å². The number of carbonyl (C=O) groups excluding carboxylic acids is 1. The smallest absolute Gasteiger partial charge is 0.238 e. The predicted molar refractivity (Wildman–Crippen MR) is 93.9 cm³/mol. The van der Waals surface area contributed by atoms with Gasteiger partial charge >= 0.3 is 0 Å². The van der Waals surface area contributed by atoms with Gasteiger partial charge in [-0.2, -0.15) is 0 Å². The minimum atomic E-state index is -0.0141. The van der Waals surface area contributed by atoms with Gasteiger partial charge in [0.15, 0.2) is 0 Å². The van der Waals surface area contributed by atoms with Gasteiger partial charge in [-0.3, -0.25) is 9.69 Å². The molecule has 23 heavy (non-hydrogen) atoms. The van der Waals surface area contributed by atoms with Crippen LogP contribution in [0.1, 0.15) is 16.7 Å². The molecule has 0 aliphatic heterocycles. The number of carbonyl (C=O) groups is 1. The Hall–Kier alpha value is -2.33. The molecule has 0 heterocycles. The van der Waals surface area contributed by atoms with E-state index in [9.17, 15) is 4.79 Å². The highest BCUT2D eigenvalue weighted by atomic mass is 16.5. The van der Waals surface area contributed by atoms with Crippen LogP contribution in [0.3, 0.4) is 0 Å². The van der Waals surface area contributed by atoms with Gasteiger partial charge in [0.05, 0.1) is 13.7 Å². The van der Waals surface area contributed by atoms with Crippen LogP contribution in [0.2, 0.25) is 0 Å². The van der Waals surface area contributed by atoms with Gasteiger partial charge in [-0.25, -0.2) is 0 Å². The topological polar surface area (TPSA) is 41.6 Å². The summed E-state index contributed by atoms with van der Waals surface area (Å²) >= 11 is 0. The largest absolute Gasteiger partial charge is 0.496 e. The van der Waals surface area contributed by atoms with Crippen molar-refractivity contribution in [3.8, 4) is 5.75 Å². The van der Waals surface area contributed by atoms with Crippen molar-refractivity contribution < 1.29 is 9.53 Å². The van der Waals surface area contributed by atoms with E-state index < -0.39 is 0 Å². The SMILES string of the molecule is COc1ccccc1CN(C)CC(=O)Nc1c(C)cccc1C. The summed E-state index contributed by atoms with van der Waals surface area (Å²) in [6.45, 7) is 4.98. The number of nitrogens with zero attached hydrogens (tertiary/aromatic N) is 1. The molecule has 0 aliphatic carbocycles. The Morgan fingerprint density at radius 2 is 1.74 bits per heavy atom. The molecule has 0 bridgehead atoms. The molecule has 4 heteroatoms. The molecule has 2 aromatic rings. The van der Waals surface area contributed by atoms with E-state index in [1.807, 2.05) is 68.3 Å². The fourth-order valence-electron chi connectivity index (χ4n) is 2.62. The van der Waals surface area contributed by atoms with E-state index in [2.05, 4.69) is 5.32 Å². The molecule has 1 N–H and O–H groups in total. The van der Waals surface area contributed by atoms with Gasteiger partial charge in [0.1, 0.15) is 5.75 Å². The monoisotopic (exact) mass is 312 g/mol. The first-order chi connectivity index (χ1) is 11.0. The maximum Gasteiger partial charge on any atom is 0.238 e. The van der Waals surface area contributed by atoms with Crippen molar-refractivity contribution in [3.05, 3.63) is 59.2 Å². The molecule has 0 aromatic heterocycles. The number of aryl methyl sites for hydroxylation is 2. The molecule has 0 saturated heterocycles. The number of amides is 1. The predicted octanol–water partition coefficient (Wildman–Crippen LogP) is 3.38. The highest BCUT2D eigenvalue weighted by Crippen LogP contribution is 2.20. The van der Waals surface area contributed by atoms with E-state index in [4.69, 9.17) is 4.74 Å². The summed E-state index contributed by atoms with van der Waals surface area (Å²) in [6.07, 6.45) is 0. The fourth-order valence-corrected chi connectivity index (χ4v) is 2.62. The van der Waals surface area contributed by atoms with Crippen LogP contribution in [0.5, 0.6) is 5.75 Å². The van der Waals surface area contributed by atoms with Crippen LogP contribution in [0.25, 0.3) is 0 Å². The number of rotatable bonds is 6. The normalized spacial score (nSPS) is 10.7. The Kier molecular flexibility index (Phi) is 5.77. The van der Waals surface area contributed by atoms with Crippen molar-refractivity contribution in [2.24, 2.45) is 0 Å². The van der Waals surface area contributed by atoms with Gasteiger partial charge in [-0.15, -0.1) is 0 Å². The van der Waals surface area contributed by atoms with Gasteiger partial charge < -0.3 is 10.1 Å². The molecule has 0 atom stereocenters. The number of anilines is 1. The minimum Gasteiger partial charge on any atom is -0.496 e. The number of ether oxygens (including phenoxy) is 1. The van der Waals surface area contributed by atoms with E-state index >= 15 is 0 Å². The van der Waals surface area contributed by atoms with Crippen LogP contribution >= 0.6 is 0 Å². The summed E-state index contributed by atoms with van der Waals surface area (Å²) in [5.41, 5.74) is 4.12. The Morgan fingerprint density at radius 1 is 1.09 bits per heavy atom. The molecule has 2 rings (SSSR count). The molecule has 2 aromatic carbocycles. The van der Waals surface area contributed by atoms with Crippen molar-refractivity contribution in [1.29, 1.82) is 0 Å². The first-order valence-corrected chi connectivity index (χ1v) is 7.67. The summed E-state index contributed by atoms with van der Waals surface area (Å²) in [5, 5.41) is 3.01. The van der Waals surface area contributed by atoms with Crippen molar-refractivity contribution >= 4 is 11.6 Å². The second-order valence-corrected chi connectivity index (χ2v) is 5.80. The summed E-state index contributed by atoms with van der Waals surface area (Å²) in [6, 6.07) is 13.9. The average Bonchev–Trinajstić information content (AvgIpc) is 2.51. The number of methoxy groups -OCH3 is 1. The van der Waals surface area contributed by atoms with Crippen LogP contribution in [0.4, 0.5) is 5.69 Å². The molecule has 0 saturated carbocycles. The van der Waals surface area contributed by atoms with Gasteiger partial charge in [0.2, 0.25) is 5.91 Å². The lowest BCUT2D eigenvalue weighted by Gasteiger charge is -2.19. The van der Waals surface area contributed by atoms with Crippen molar-refractivity contribution in [2.75, 3.05) is 26.0 Å². The van der Waals surface area contributed by atoms with Crippen LogP contribution in [0.15, 0.2) is 42.5 Å². The van der Waals surface area contributed by atoms with Crippen molar-refractivity contribution in [2.45, 2.75) is 20.4 Å². The molecule has 0 radical (unpaired) electrons. The zero-order chi connectivity index (χ0) is 16.8. The standard InChI is InChI=1S/C19H24N2O2/c1-14-8-7-9-15(2)19(14)20-18(22)13-21(3)12-16-10-5-6-11-17(16)23-4/h5-11H,12-13H2,1-4H3,(H,20,22). The fraction of sp³-hybridized carbons (Fsp3) is 0.316. The lowest BCUT2D eigenvalue weighted by atomic mass is 10.1. The van der Waals surface area contributed by atoms with Crippen LogP contribution in [-0.2, 0) is 11.3 Å². The molecular formula is C19H24N2O2. The zero-order valence-corrected chi connectivity index (χ0v) is 14.2. The number of para-hydroxylation sites is 2. The Labute approximate surface area is 138 Å². The maximum absolute atomic E-state index is 12.3. The van der Waals surface area contributed by atoms with Gasteiger partial charge in [0.25, 0.3) is 0 Å². The molecule has 0 aliphatic rings. The molecule has 0 fully saturated rings. The first-order valence-electron chi connectivity index (χ1n) is 7.67. The van der Waals surface area contributed by atoms with Crippen LogP contribution in [0, 0.1) is 13.8 Å². The molecular weight excluding hydrogens is 288 g/mol. The number of hydrogen-bond acceptors (Lipinski definition) is 3. The molecule has 4 nitrogen and oxygen atoms in total. The summed E-state index contributed by atoms with van der Waals surface area (Å²) < 4.78 is 5.35. The van der Waals surface area contributed by atoms with Crippen LogP contribution in [-0.4, -0.2) is 31.5 Å². The van der Waals surface area contributed by atoms with Crippen molar-refractivity contribution in [3.63, 3.8) is 0 Å². The lowest BCUT2D eigenvalue weighted by Crippen LogP contribution is -2.30. The Balaban J connectivity index is 1.97.